The average Bonchev–Trinajstić information content (AvgIpc) is 2.94. The number of carbonyl (C=O) groups excluding carboxylic acids is 1. The lowest BCUT2D eigenvalue weighted by Crippen LogP contribution is -2.26. The quantitative estimate of drug-likeness (QED) is 0.777. The molecule has 21 heavy (non-hydrogen) atoms. The molecule has 5 heteroatoms. The number of halogens is 1. The van der Waals surface area contributed by atoms with E-state index in [1.165, 1.54) is 16.9 Å². The highest BCUT2D eigenvalue weighted by molar-refractivity contribution is 9.10. The summed E-state index contributed by atoms with van der Waals surface area (Å²) < 4.78 is 0. The Balaban J connectivity index is 2.08. The fourth-order valence-corrected chi connectivity index (χ4v) is 2.69. The van der Waals surface area contributed by atoms with Crippen molar-refractivity contribution in [3.8, 4) is 11.3 Å². The van der Waals surface area contributed by atoms with Gasteiger partial charge in [-0.15, -0.1) is 11.3 Å². The van der Waals surface area contributed by atoms with Crippen molar-refractivity contribution in [2.24, 2.45) is 5.92 Å². The molecular weight excluding hydrogens is 348 g/mol. The second kappa shape index (κ2) is 7.18. The van der Waals surface area contributed by atoms with Crippen LogP contribution in [-0.2, 0) is 11.2 Å². The van der Waals surface area contributed by atoms with Gasteiger partial charge in [-0.1, -0.05) is 61.0 Å². The fraction of sp³-hybridized carbons (Fsp3) is 0.375. The van der Waals surface area contributed by atoms with E-state index < -0.39 is 0 Å². The van der Waals surface area contributed by atoms with Gasteiger partial charge in [0, 0.05) is 10.9 Å². The van der Waals surface area contributed by atoms with Gasteiger partial charge in [0.2, 0.25) is 5.91 Å². The molecule has 1 aromatic carbocycles. The smallest absolute Gasteiger partial charge is 0.240 e. The van der Waals surface area contributed by atoms with Gasteiger partial charge in [-0.25, -0.2) is 4.98 Å². The van der Waals surface area contributed by atoms with Crippen LogP contribution in [0, 0.1) is 5.92 Å². The number of benzene rings is 1. The molecule has 3 nitrogen and oxygen atoms in total. The summed E-state index contributed by atoms with van der Waals surface area (Å²) in [4.78, 5) is 16.3. The number of nitrogens with zero attached hydrogens (tertiary/aromatic N) is 1. The van der Waals surface area contributed by atoms with Crippen LogP contribution in [0.5, 0.6) is 0 Å². The SMILES string of the molecule is CCc1ccc(-c2csc(NC(=O)C(Br)C(C)C)n2)cc1. The van der Waals surface area contributed by atoms with Gasteiger partial charge >= 0.3 is 0 Å². The summed E-state index contributed by atoms with van der Waals surface area (Å²) >= 11 is 4.85. The first-order valence-corrected chi connectivity index (χ1v) is 8.80. The van der Waals surface area contributed by atoms with Crippen LogP contribution in [0.25, 0.3) is 11.3 Å². The standard InChI is InChI=1S/C16H19BrN2OS/c1-4-11-5-7-12(8-6-11)13-9-21-16(18-13)19-15(20)14(17)10(2)3/h5-10,14H,4H2,1-3H3,(H,18,19,20). The maximum atomic E-state index is 12.0. The van der Waals surface area contributed by atoms with E-state index in [9.17, 15) is 4.79 Å². The summed E-state index contributed by atoms with van der Waals surface area (Å²) in [6.45, 7) is 6.14. The molecule has 0 fully saturated rings. The molecule has 0 aliphatic carbocycles. The summed E-state index contributed by atoms with van der Waals surface area (Å²) in [5.74, 6) is 0.193. The zero-order chi connectivity index (χ0) is 15.4. The van der Waals surface area contributed by atoms with Gasteiger partial charge in [0.1, 0.15) is 0 Å². The molecule has 0 aliphatic heterocycles. The van der Waals surface area contributed by atoms with Crippen molar-refractivity contribution in [2.75, 3.05) is 5.32 Å². The third kappa shape index (κ3) is 4.14. The van der Waals surface area contributed by atoms with E-state index in [1.807, 2.05) is 19.2 Å². The third-order valence-electron chi connectivity index (χ3n) is 3.23. The maximum absolute atomic E-state index is 12.0. The number of thiazole rings is 1. The van der Waals surface area contributed by atoms with E-state index in [1.54, 1.807) is 0 Å². The minimum Gasteiger partial charge on any atom is -0.301 e. The van der Waals surface area contributed by atoms with E-state index in [0.29, 0.717) is 5.13 Å². The van der Waals surface area contributed by atoms with Gasteiger partial charge in [0.05, 0.1) is 10.5 Å². The Labute approximate surface area is 137 Å². The predicted octanol–water partition coefficient (Wildman–Crippen LogP) is 4.73. The Hall–Kier alpha value is -1.20. The minimum atomic E-state index is -0.200. The Kier molecular flexibility index (Phi) is 5.53. The van der Waals surface area contributed by atoms with Gasteiger partial charge in [-0.3, -0.25) is 4.79 Å². The molecule has 1 atom stereocenters. The van der Waals surface area contributed by atoms with Crippen molar-refractivity contribution in [3.05, 3.63) is 35.2 Å². The first-order chi connectivity index (χ1) is 10.0. The number of aromatic nitrogens is 1. The van der Waals surface area contributed by atoms with Gasteiger partial charge in [-0.2, -0.15) is 0 Å². The molecule has 2 aromatic rings. The third-order valence-corrected chi connectivity index (χ3v) is 5.46. The van der Waals surface area contributed by atoms with E-state index >= 15 is 0 Å². The molecule has 0 spiro atoms. The Morgan fingerprint density at radius 1 is 1.33 bits per heavy atom. The van der Waals surface area contributed by atoms with Crippen LogP contribution in [0.2, 0.25) is 0 Å². The van der Waals surface area contributed by atoms with Crippen molar-refractivity contribution >= 4 is 38.3 Å². The van der Waals surface area contributed by atoms with Crippen molar-refractivity contribution in [1.82, 2.24) is 4.98 Å². The van der Waals surface area contributed by atoms with Crippen LogP contribution < -0.4 is 5.32 Å². The number of hydrogen-bond donors (Lipinski definition) is 1. The summed E-state index contributed by atoms with van der Waals surface area (Å²) in [7, 11) is 0. The molecule has 0 saturated carbocycles. The van der Waals surface area contributed by atoms with Crippen LogP contribution >= 0.6 is 27.3 Å². The molecule has 1 amide bonds. The number of carbonyl (C=O) groups is 1. The van der Waals surface area contributed by atoms with Crippen molar-refractivity contribution in [2.45, 2.75) is 32.0 Å². The lowest BCUT2D eigenvalue weighted by Gasteiger charge is -2.11. The number of alkyl halides is 1. The largest absolute Gasteiger partial charge is 0.301 e. The molecule has 2 rings (SSSR count). The van der Waals surface area contributed by atoms with Crippen molar-refractivity contribution in [1.29, 1.82) is 0 Å². The highest BCUT2D eigenvalue weighted by atomic mass is 79.9. The molecule has 0 saturated heterocycles. The summed E-state index contributed by atoms with van der Waals surface area (Å²) in [6, 6.07) is 8.36. The van der Waals surface area contributed by atoms with Crippen LogP contribution in [0.15, 0.2) is 29.6 Å². The van der Waals surface area contributed by atoms with Gasteiger partial charge < -0.3 is 5.32 Å². The lowest BCUT2D eigenvalue weighted by atomic mass is 10.1. The number of rotatable bonds is 5. The Bertz CT molecular complexity index is 607. The van der Waals surface area contributed by atoms with Crippen molar-refractivity contribution in [3.63, 3.8) is 0 Å². The predicted molar refractivity (Wildman–Crippen MR) is 93.1 cm³/mol. The van der Waals surface area contributed by atoms with Crippen LogP contribution in [-0.4, -0.2) is 15.7 Å². The molecule has 112 valence electrons. The molecule has 1 N–H and O–H groups in total. The highest BCUT2D eigenvalue weighted by Crippen LogP contribution is 2.26. The molecular formula is C16H19BrN2OS. The maximum Gasteiger partial charge on any atom is 0.240 e. The zero-order valence-electron chi connectivity index (χ0n) is 12.4. The van der Waals surface area contributed by atoms with Crippen LogP contribution in [0.4, 0.5) is 5.13 Å². The monoisotopic (exact) mass is 366 g/mol. The van der Waals surface area contributed by atoms with E-state index in [2.05, 4.69) is 57.4 Å². The van der Waals surface area contributed by atoms with Gasteiger partial charge in [0.15, 0.2) is 5.13 Å². The number of amides is 1. The summed E-state index contributed by atoms with van der Waals surface area (Å²) in [5.41, 5.74) is 3.28. The summed E-state index contributed by atoms with van der Waals surface area (Å²) in [5, 5.41) is 5.46. The van der Waals surface area contributed by atoms with E-state index in [0.717, 1.165) is 17.7 Å². The molecule has 0 aliphatic rings. The molecule has 1 heterocycles. The van der Waals surface area contributed by atoms with Crippen LogP contribution in [0.3, 0.4) is 0 Å². The Morgan fingerprint density at radius 2 is 2.00 bits per heavy atom. The highest BCUT2D eigenvalue weighted by Gasteiger charge is 2.19. The van der Waals surface area contributed by atoms with Crippen molar-refractivity contribution < 1.29 is 4.79 Å². The number of nitrogens with one attached hydrogen (secondary N) is 1. The van der Waals surface area contributed by atoms with Crippen LogP contribution in [0.1, 0.15) is 26.3 Å². The van der Waals surface area contributed by atoms with Gasteiger partial charge in [-0.05, 0) is 17.9 Å². The fourth-order valence-electron chi connectivity index (χ4n) is 1.85. The topological polar surface area (TPSA) is 42.0 Å². The zero-order valence-corrected chi connectivity index (χ0v) is 14.8. The second-order valence-corrected chi connectivity index (χ2v) is 7.07. The molecule has 1 aromatic heterocycles. The Morgan fingerprint density at radius 3 is 2.57 bits per heavy atom. The number of aryl methyl sites for hydroxylation is 1. The average molecular weight is 367 g/mol. The molecule has 0 radical (unpaired) electrons. The first-order valence-electron chi connectivity index (χ1n) is 7.01. The number of anilines is 1. The second-order valence-electron chi connectivity index (χ2n) is 5.22. The summed E-state index contributed by atoms with van der Waals surface area (Å²) in [6.07, 6.45) is 1.03. The normalized spacial score (nSPS) is 12.4. The van der Waals surface area contributed by atoms with E-state index in [4.69, 9.17) is 0 Å². The molecule has 1 unspecified atom stereocenters. The minimum absolute atomic E-state index is 0.0489. The van der Waals surface area contributed by atoms with Gasteiger partial charge in [0.25, 0.3) is 0 Å². The molecule has 0 bridgehead atoms. The lowest BCUT2D eigenvalue weighted by molar-refractivity contribution is -0.116. The number of hydrogen-bond acceptors (Lipinski definition) is 3. The first kappa shape index (κ1) is 16.2. The van der Waals surface area contributed by atoms with E-state index in [-0.39, 0.29) is 16.7 Å².